The first kappa shape index (κ1) is 17.3. The van der Waals surface area contributed by atoms with Crippen LogP contribution in [0.25, 0.3) is 21.9 Å². The lowest BCUT2D eigenvalue weighted by Crippen LogP contribution is -2.38. The van der Waals surface area contributed by atoms with E-state index in [4.69, 9.17) is 18.3 Å². The predicted octanol–water partition coefficient (Wildman–Crippen LogP) is 2.23. The molecule has 0 radical (unpaired) electrons. The first-order valence-electron chi connectivity index (χ1n) is 7.76. The number of rotatable bonds is 5. The fourth-order valence-corrected chi connectivity index (χ4v) is 2.77. The number of fused-ring (bicyclic) bond motifs is 2. The topological polar surface area (TPSA) is 102 Å². The van der Waals surface area contributed by atoms with Crippen molar-refractivity contribution in [2.45, 2.75) is 32.0 Å². The lowest BCUT2D eigenvalue weighted by Gasteiger charge is -2.24. The minimum atomic E-state index is -1.35. The van der Waals surface area contributed by atoms with E-state index in [1.54, 1.807) is 12.1 Å². The molecule has 0 bridgehead atoms. The van der Waals surface area contributed by atoms with Crippen LogP contribution in [0.4, 0.5) is 0 Å². The Morgan fingerprint density at radius 2 is 1.84 bits per heavy atom. The van der Waals surface area contributed by atoms with Gasteiger partial charge in [-0.1, -0.05) is 0 Å². The number of furan rings is 1. The molecule has 0 saturated heterocycles. The molecule has 0 aliphatic heterocycles. The third-order valence-corrected chi connectivity index (χ3v) is 4.22. The minimum absolute atomic E-state index is 0.0589. The van der Waals surface area contributed by atoms with Gasteiger partial charge in [0.25, 0.3) is 0 Å². The van der Waals surface area contributed by atoms with E-state index in [1.165, 1.54) is 34.3 Å². The van der Waals surface area contributed by atoms with Gasteiger partial charge in [-0.05, 0) is 26.0 Å². The van der Waals surface area contributed by atoms with Crippen molar-refractivity contribution in [3.63, 3.8) is 0 Å². The molecule has 0 aliphatic rings. The molecular formula is C18H20O7. The second-order valence-corrected chi connectivity index (χ2v) is 6.41. The summed E-state index contributed by atoms with van der Waals surface area (Å²) in [7, 11) is 2.96. The highest BCUT2D eigenvalue weighted by Crippen LogP contribution is 2.42. The Hall–Kier alpha value is -2.51. The number of aliphatic hydroxyl groups is 2. The molecule has 3 rings (SSSR count). The third-order valence-electron chi connectivity index (χ3n) is 4.22. The highest BCUT2D eigenvalue weighted by molar-refractivity contribution is 6.06. The summed E-state index contributed by atoms with van der Waals surface area (Å²) in [6.45, 7) is 2.94. The Kier molecular flexibility index (Phi) is 4.22. The molecule has 7 heteroatoms. The van der Waals surface area contributed by atoms with Crippen molar-refractivity contribution in [1.82, 2.24) is 0 Å². The number of ether oxygens (including phenoxy) is 2. The predicted molar refractivity (Wildman–Crippen MR) is 91.4 cm³/mol. The van der Waals surface area contributed by atoms with Crippen molar-refractivity contribution in [3.05, 3.63) is 34.4 Å². The zero-order chi connectivity index (χ0) is 18.4. The molecule has 134 valence electrons. The van der Waals surface area contributed by atoms with Crippen molar-refractivity contribution in [1.29, 1.82) is 0 Å². The molecule has 7 nitrogen and oxygen atoms in total. The zero-order valence-corrected chi connectivity index (χ0v) is 14.5. The van der Waals surface area contributed by atoms with E-state index in [9.17, 15) is 15.0 Å². The summed E-state index contributed by atoms with van der Waals surface area (Å²) >= 11 is 0. The number of benzene rings is 1. The van der Waals surface area contributed by atoms with Gasteiger partial charge in [0.05, 0.1) is 43.0 Å². The quantitative estimate of drug-likeness (QED) is 0.682. The van der Waals surface area contributed by atoms with Gasteiger partial charge in [-0.3, -0.25) is 0 Å². The molecule has 2 N–H and O–H groups in total. The van der Waals surface area contributed by atoms with E-state index in [0.717, 1.165) is 0 Å². The molecule has 0 aliphatic carbocycles. The van der Waals surface area contributed by atoms with E-state index in [-0.39, 0.29) is 17.6 Å². The summed E-state index contributed by atoms with van der Waals surface area (Å²) in [5.41, 5.74) is -1.13. The van der Waals surface area contributed by atoms with Crippen LogP contribution < -0.4 is 15.1 Å². The fraction of sp³-hybridized carbons (Fsp3) is 0.389. The maximum Gasteiger partial charge on any atom is 0.339 e. The van der Waals surface area contributed by atoms with E-state index < -0.39 is 17.3 Å². The number of methoxy groups -OCH3 is 2. The second kappa shape index (κ2) is 6.09. The highest BCUT2D eigenvalue weighted by Gasteiger charge is 2.27. The van der Waals surface area contributed by atoms with Crippen LogP contribution in [-0.2, 0) is 6.42 Å². The Morgan fingerprint density at radius 3 is 2.44 bits per heavy atom. The Bertz CT molecular complexity index is 975. The van der Waals surface area contributed by atoms with Gasteiger partial charge in [0.1, 0.15) is 5.75 Å². The first-order valence-corrected chi connectivity index (χ1v) is 7.76. The van der Waals surface area contributed by atoms with Gasteiger partial charge in [0.15, 0.2) is 11.2 Å². The van der Waals surface area contributed by atoms with Gasteiger partial charge in [-0.2, -0.15) is 0 Å². The van der Waals surface area contributed by atoms with Crippen molar-refractivity contribution in [2.24, 2.45) is 0 Å². The Balaban J connectivity index is 2.29. The van der Waals surface area contributed by atoms with E-state index in [0.29, 0.717) is 27.9 Å². The summed E-state index contributed by atoms with van der Waals surface area (Å²) in [6.07, 6.45) is 0.306. The van der Waals surface area contributed by atoms with Crippen LogP contribution in [0.2, 0.25) is 0 Å². The van der Waals surface area contributed by atoms with E-state index in [2.05, 4.69) is 0 Å². The maximum absolute atomic E-state index is 12.4. The van der Waals surface area contributed by atoms with Crippen molar-refractivity contribution in [3.8, 4) is 11.5 Å². The molecule has 0 saturated carbocycles. The second-order valence-electron chi connectivity index (χ2n) is 6.41. The normalized spacial score (nSPS) is 13.4. The summed E-state index contributed by atoms with van der Waals surface area (Å²) in [5.74, 6) is 0.768. The Labute approximate surface area is 143 Å². The van der Waals surface area contributed by atoms with Gasteiger partial charge in [-0.15, -0.1) is 0 Å². The molecule has 2 aromatic heterocycles. The number of hydrogen-bond donors (Lipinski definition) is 2. The summed E-state index contributed by atoms with van der Waals surface area (Å²) in [6, 6.07) is 3.32. The van der Waals surface area contributed by atoms with E-state index in [1.807, 2.05) is 0 Å². The molecule has 3 aromatic rings. The van der Waals surface area contributed by atoms with E-state index >= 15 is 0 Å². The smallest absolute Gasteiger partial charge is 0.339 e. The number of aliphatic hydroxyl groups excluding tert-OH is 1. The van der Waals surface area contributed by atoms with Crippen molar-refractivity contribution >= 4 is 21.9 Å². The van der Waals surface area contributed by atoms with Crippen LogP contribution >= 0.6 is 0 Å². The third kappa shape index (κ3) is 2.85. The summed E-state index contributed by atoms with van der Waals surface area (Å²) in [4.78, 5) is 12.4. The van der Waals surface area contributed by atoms with Gasteiger partial charge >= 0.3 is 5.63 Å². The van der Waals surface area contributed by atoms with Gasteiger partial charge < -0.3 is 28.5 Å². The first-order chi connectivity index (χ1) is 11.8. The molecule has 1 atom stereocenters. The minimum Gasteiger partial charge on any atom is -0.495 e. The maximum atomic E-state index is 12.4. The average Bonchev–Trinajstić information content (AvgIpc) is 3.01. The number of hydrogen-bond acceptors (Lipinski definition) is 7. The van der Waals surface area contributed by atoms with Crippen molar-refractivity contribution < 1.29 is 28.5 Å². The molecule has 0 spiro atoms. The molecule has 2 heterocycles. The van der Waals surface area contributed by atoms with Gasteiger partial charge in [0, 0.05) is 12.0 Å². The summed E-state index contributed by atoms with van der Waals surface area (Å²) in [5, 5.41) is 21.2. The molecule has 0 fully saturated rings. The standard InChI is InChI=1S/C18H20O7/c1-18(2,21)12(19)8-9-7-11-13(22-3)10-5-6-24-14(10)16(23-4)15(11)25-17(9)20/h5-7,12,19,21H,8H2,1-4H3/t12-/m0/s1. The average molecular weight is 348 g/mol. The van der Waals surface area contributed by atoms with Crippen LogP contribution in [-0.4, -0.2) is 36.1 Å². The highest BCUT2D eigenvalue weighted by atomic mass is 16.5. The van der Waals surface area contributed by atoms with Crippen molar-refractivity contribution in [2.75, 3.05) is 14.2 Å². The monoisotopic (exact) mass is 348 g/mol. The lowest BCUT2D eigenvalue weighted by molar-refractivity contribution is -0.0472. The Morgan fingerprint density at radius 1 is 1.16 bits per heavy atom. The largest absolute Gasteiger partial charge is 0.495 e. The SMILES string of the molecule is COc1c2ccoc2c(OC)c2oc(=O)c(C[C@H](O)C(C)(C)O)cc12. The molecule has 0 amide bonds. The van der Waals surface area contributed by atoms with Crippen LogP contribution in [0.5, 0.6) is 11.5 Å². The van der Waals surface area contributed by atoms with Crippen LogP contribution in [0.15, 0.2) is 32.0 Å². The summed E-state index contributed by atoms with van der Waals surface area (Å²) < 4.78 is 21.7. The van der Waals surface area contributed by atoms with Crippen LogP contribution in [0.1, 0.15) is 19.4 Å². The van der Waals surface area contributed by atoms with Crippen LogP contribution in [0, 0.1) is 0 Å². The van der Waals surface area contributed by atoms with Gasteiger partial charge in [-0.25, -0.2) is 4.79 Å². The molecule has 25 heavy (non-hydrogen) atoms. The molecular weight excluding hydrogens is 328 g/mol. The van der Waals surface area contributed by atoms with Gasteiger partial charge in [0.2, 0.25) is 5.75 Å². The fourth-order valence-electron chi connectivity index (χ4n) is 2.77. The molecule has 0 unspecified atom stereocenters. The van der Waals surface area contributed by atoms with Crippen LogP contribution in [0.3, 0.4) is 0 Å². The molecule has 1 aromatic carbocycles. The zero-order valence-electron chi connectivity index (χ0n) is 14.5. The lowest BCUT2D eigenvalue weighted by atomic mass is 9.95.